The number of allylic oxidation sites excluding steroid dienone is 1. The topological polar surface area (TPSA) is 96.1 Å². The fraction of sp³-hybridized carbons (Fsp3) is 0.393. The molecule has 0 saturated carbocycles. The van der Waals surface area contributed by atoms with Crippen molar-refractivity contribution in [3.8, 4) is 0 Å². The van der Waals surface area contributed by atoms with Gasteiger partial charge in [0.25, 0.3) is 5.91 Å². The van der Waals surface area contributed by atoms with E-state index in [0.717, 1.165) is 66.1 Å². The third-order valence-electron chi connectivity index (χ3n) is 6.89. The second-order valence-corrected chi connectivity index (χ2v) is 10.8. The van der Waals surface area contributed by atoms with Crippen molar-refractivity contribution in [3.63, 3.8) is 0 Å². The standard InChI is InChI=1S/C28H34N6O2S/c1-19-4-3-5-20(16-19)22(29)6-9-30-26-18-24(34-12-14-36-15-13-34)27-23(32-26)17-25(37-27)28(35)31-21-7-10-33(2)11-8-21/h3-6,9,16-18,21H,7-8,10-15,29H2,1-2H3,(H,31,35)/b22-6-,30-9?. The van der Waals surface area contributed by atoms with Crippen LogP contribution in [0.5, 0.6) is 0 Å². The number of thiophene rings is 1. The van der Waals surface area contributed by atoms with E-state index >= 15 is 0 Å². The van der Waals surface area contributed by atoms with Gasteiger partial charge in [-0.15, -0.1) is 11.3 Å². The minimum absolute atomic E-state index is 0.0237. The average molecular weight is 519 g/mol. The fourth-order valence-corrected chi connectivity index (χ4v) is 5.78. The predicted molar refractivity (Wildman–Crippen MR) is 152 cm³/mol. The summed E-state index contributed by atoms with van der Waals surface area (Å²) in [6.07, 6.45) is 5.43. The summed E-state index contributed by atoms with van der Waals surface area (Å²) in [5, 5.41) is 3.23. The Labute approximate surface area is 221 Å². The van der Waals surface area contributed by atoms with E-state index in [0.29, 0.717) is 29.6 Å². The molecule has 1 amide bonds. The number of aryl methyl sites for hydroxylation is 1. The highest BCUT2D eigenvalue weighted by Crippen LogP contribution is 2.36. The van der Waals surface area contributed by atoms with Gasteiger partial charge in [-0.25, -0.2) is 9.98 Å². The van der Waals surface area contributed by atoms with Crippen molar-refractivity contribution in [2.75, 3.05) is 51.3 Å². The number of pyridine rings is 1. The number of benzene rings is 1. The van der Waals surface area contributed by atoms with Gasteiger partial charge in [0.05, 0.1) is 34.0 Å². The molecule has 0 aliphatic carbocycles. The molecule has 9 heteroatoms. The zero-order valence-electron chi connectivity index (χ0n) is 21.4. The molecule has 0 radical (unpaired) electrons. The maximum Gasteiger partial charge on any atom is 0.261 e. The van der Waals surface area contributed by atoms with Gasteiger partial charge < -0.3 is 25.6 Å². The number of aromatic nitrogens is 1. The third kappa shape index (κ3) is 6.18. The van der Waals surface area contributed by atoms with Crippen LogP contribution < -0.4 is 16.0 Å². The summed E-state index contributed by atoms with van der Waals surface area (Å²) in [5.41, 5.74) is 10.8. The van der Waals surface area contributed by atoms with Crippen molar-refractivity contribution >= 4 is 50.9 Å². The number of likely N-dealkylation sites (tertiary alicyclic amines) is 1. The number of aliphatic imine (C=N–C) groups is 1. The van der Waals surface area contributed by atoms with E-state index in [4.69, 9.17) is 15.5 Å². The van der Waals surface area contributed by atoms with Gasteiger partial charge in [-0.2, -0.15) is 0 Å². The summed E-state index contributed by atoms with van der Waals surface area (Å²) in [4.78, 5) is 27.8. The number of nitrogens with one attached hydrogen (secondary N) is 1. The predicted octanol–water partition coefficient (Wildman–Crippen LogP) is 3.97. The number of morpholine rings is 1. The van der Waals surface area contributed by atoms with Crippen LogP contribution >= 0.6 is 11.3 Å². The molecule has 3 aromatic rings. The molecular formula is C28H34N6O2S. The Morgan fingerprint density at radius 2 is 1.97 bits per heavy atom. The molecule has 37 heavy (non-hydrogen) atoms. The maximum absolute atomic E-state index is 13.1. The molecule has 3 N–H and O–H groups in total. The van der Waals surface area contributed by atoms with Gasteiger partial charge in [-0.1, -0.05) is 23.8 Å². The van der Waals surface area contributed by atoms with Gasteiger partial charge in [-0.3, -0.25) is 4.79 Å². The summed E-state index contributed by atoms with van der Waals surface area (Å²) >= 11 is 1.50. The lowest BCUT2D eigenvalue weighted by Gasteiger charge is -2.29. The van der Waals surface area contributed by atoms with E-state index in [9.17, 15) is 4.79 Å². The maximum atomic E-state index is 13.1. The summed E-state index contributed by atoms with van der Waals surface area (Å²) in [7, 11) is 2.12. The Hall–Kier alpha value is -3.27. The van der Waals surface area contributed by atoms with Crippen LogP contribution in [-0.2, 0) is 4.74 Å². The highest BCUT2D eigenvalue weighted by Gasteiger charge is 2.23. The summed E-state index contributed by atoms with van der Waals surface area (Å²) in [6.45, 7) is 6.98. The minimum atomic E-state index is -0.0237. The highest BCUT2D eigenvalue weighted by molar-refractivity contribution is 7.21. The summed E-state index contributed by atoms with van der Waals surface area (Å²) in [5.74, 6) is 0.562. The molecular weight excluding hydrogens is 484 g/mol. The quantitative estimate of drug-likeness (QED) is 0.480. The van der Waals surface area contributed by atoms with Crippen LogP contribution in [-0.4, -0.2) is 74.5 Å². The first-order chi connectivity index (χ1) is 18.0. The van der Waals surface area contributed by atoms with Crippen LogP contribution in [0.3, 0.4) is 0 Å². The first-order valence-electron chi connectivity index (χ1n) is 12.8. The zero-order valence-corrected chi connectivity index (χ0v) is 22.3. The van der Waals surface area contributed by atoms with Crippen LogP contribution in [0.2, 0.25) is 0 Å². The molecule has 2 fully saturated rings. The van der Waals surface area contributed by atoms with Crippen molar-refractivity contribution in [1.82, 2.24) is 15.2 Å². The van der Waals surface area contributed by atoms with Crippen molar-refractivity contribution in [1.29, 1.82) is 0 Å². The number of ether oxygens (including phenoxy) is 1. The van der Waals surface area contributed by atoms with Crippen LogP contribution in [0.25, 0.3) is 15.9 Å². The first-order valence-corrected chi connectivity index (χ1v) is 13.6. The summed E-state index contributed by atoms with van der Waals surface area (Å²) in [6, 6.07) is 12.2. The van der Waals surface area contributed by atoms with Crippen molar-refractivity contribution in [2.24, 2.45) is 10.7 Å². The number of anilines is 1. The lowest BCUT2D eigenvalue weighted by atomic mass is 10.1. The highest BCUT2D eigenvalue weighted by atomic mass is 32.1. The number of nitrogens with two attached hydrogens (primary N) is 1. The Morgan fingerprint density at radius 1 is 1.19 bits per heavy atom. The second kappa shape index (κ2) is 11.4. The molecule has 0 bridgehead atoms. The number of hydrogen-bond donors (Lipinski definition) is 2. The second-order valence-electron chi connectivity index (χ2n) is 9.74. The zero-order chi connectivity index (χ0) is 25.8. The van der Waals surface area contributed by atoms with Gasteiger partial charge in [-0.05, 0) is 63.7 Å². The van der Waals surface area contributed by atoms with Gasteiger partial charge in [0.1, 0.15) is 0 Å². The molecule has 8 nitrogen and oxygen atoms in total. The van der Waals surface area contributed by atoms with Gasteiger partial charge in [0.2, 0.25) is 0 Å². The number of nitrogens with zero attached hydrogens (tertiary/aromatic N) is 4. The molecule has 194 valence electrons. The number of rotatable bonds is 6. The Bertz CT molecular complexity index is 1320. The van der Waals surface area contributed by atoms with Gasteiger partial charge in [0, 0.05) is 37.1 Å². The molecule has 0 unspecified atom stereocenters. The summed E-state index contributed by atoms with van der Waals surface area (Å²) < 4.78 is 6.57. The lowest BCUT2D eigenvalue weighted by Crippen LogP contribution is -2.43. The molecule has 2 aliphatic heterocycles. The molecule has 2 aromatic heterocycles. The number of carbonyl (C=O) groups excluding carboxylic acids is 1. The number of hydrogen-bond acceptors (Lipinski definition) is 8. The van der Waals surface area contributed by atoms with Crippen molar-refractivity contribution < 1.29 is 9.53 Å². The molecule has 1 aromatic carbocycles. The Balaban J connectivity index is 1.42. The van der Waals surface area contributed by atoms with E-state index < -0.39 is 0 Å². The van der Waals surface area contributed by atoms with E-state index in [1.165, 1.54) is 11.3 Å². The van der Waals surface area contributed by atoms with E-state index in [2.05, 4.69) is 27.2 Å². The molecule has 4 heterocycles. The van der Waals surface area contributed by atoms with Crippen LogP contribution in [0.4, 0.5) is 11.5 Å². The Kier molecular flexibility index (Phi) is 7.83. The third-order valence-corrected chi connectivity index (χ3v) is 8.03. The SMILES string of the molecule is Cc1cccc(/C(N)=C/C=Nc2cc(N3CCOCC3)c3sc(C(=O)NC4CCN(C)CC4)cc3n2)c1. The van der Waals surface area contributed by atoms with Crippen LogP contribution in [0, 0.1) is 6.92 Å². The Morgan fingerprint density at radius 3 is 2.73 bits per heavy atom. The van der Waals surface area contributed by atoms with E-state index in [1.54, 1.807) is 12.3 Å². The molecule has 2 aliphatic rings. The van der Waals surface area contributed by atoms with Crippen LogP contribution in [0.1, 0.15) is 33.6 Å². The molecule has 0 spiro atoms. The fourth-order valence-electron chi connectivity index (χ4n) is 4.73. The number of amides is 1. The minimum Gasteiger partial charge on any atom is -0.398 e. The lowest BCUT2D eigenvalue weighted by molar-refractivity contribution is 0.0921. The molecule has 2 saturated heterocycles. The largest absolute Gasteiger partial charge is 0.398 e. The van der Waals surface area contributed by atoms with Gasteiger partial charge >= 0.3 is 0 Å². The number of fused-ring (bicyclic) bond motifs is 1. The van der Waals surface area contributed by atoms with E-state index in [-0.39, 0.29) is 11.9 Å². The smallest absolute Gasteiger partial charge is 0.261 e. The van der Waals surface area contributed by atoms with Crippen molar-refractivity contribution in [3.05, 3.63) is 58.5 Å². The number of piperidine rings is 1. The molecule has 5 rings (SSSR count). The van der Waals surface area contributed by atoms with Gasteiger partial charge in [0.15, 0.2) is 5.82 Å². The first kappa shape index (κ1) is 25.4. The van der Waals surface area contributed by atoms with Crippen LogP contribution in [0.15, 0.2) is 47.5 Å². The number of carbonyl (C=O) groups is 1. The van der Waals surface area contributed by atoms with E-state index in [1.807, 2.05) is 43.3 Å². The average Bonchev–Trinajstić information content (AvgIpc) is 3.34. The van der Waals surface area contributed by atoms with Crippen molar-refractivity contribution in [2.45, 2.75) is 25.8 Å². The normalized spacial score (nSPS) is 18.1. The monoisotopic (exact) mass is 518 g/mol. The molecule has 0 atom stereocenters.